The molecular formula is C13H19NO2. The Morgan fingerprint density at radius 2 is 2.19 bits per heavy atom. The van der Waals surface area contributed by atoms with Crippen LogP contribution in [0.2, 0.25) is 0 Å². The average Bonchev–Trinajstić information content (AvgIpc) is 2.33. The van der Waals surface area contributed by atoms with E-state index in [9.17, 15) is 0 Å². The van der Waals surface area contributed by atoms with E-state index in [2.05, 4.69) is 17.4 Å². The van der Waals surface area contributed by atoms with Crippen LogP contribution in [0.3, 0.4) is 0 Å². The van der Waals surface area contributed by atoms with Gasteiger partial charge in [-0.2, -0.15) is 0 Å². The van der Waals surface area contributed by atoms with E-state index in [-0.39, 0.29) is 0 Å². The standard InChI is InChI=1S/C13H19NO2/c1-2-16-13-7-5-11(6-8-13)14-12-4-3-9-15-10-12/h5-8,12,14H,2-4,9-10H2,1H3. The molecule has 88 valence electrons. The summed E-state index contributed by atoms with van der Waals surface area (Å²) in [7, 11) is 0. The zero-order chi connectivity index (χ0) is 11.2. The molecule has 1 unspecified atom stereocenters. The van der Waals surface area contributed by atoms with Gasteiger partial charge >= 0.3 is 0 Å². The second-order valence-electron chi connectivity index (χ2n) is 4.02. The number of benzene rings is 1. The smallest absolute Gasteiger partial charge is 0.119 e. The maximum atomic E-state index is 5.43. The van der Waals surface area contributed by atoms with E-state index in [4.69, 9.17) is 9.47 Å². The Morgan fingerprint density at radius 3 is 2.81 bits per heavy atom. The fraction of sp³-hybridized carbons (Fsp3) is 0.538. The van der Waals surface area contributed by atoms with Gasteiger partial charge in [-0.25, -0.2) is 0 Å². The summed E-state index contributed by atoms with van der Waals surface area (Å²) in [5.41, 5.74) is 1.14. The molecular weight excluding hydrogens is 202 g/mol. The van der Waals surface area contributed by atoms with Crippen LogP contribution in [0.25, 0.3) is 0 Å². The number of nitrogens with one attached hydrogen (secondary N) is 1. The molecule has 0 saturated carbocycles. The van der Waals surface area contributed by atoms with Gasteiger partial charge < -0.3 is 14.8 Å². The molecule has 0 amide bonds. The van der Waals surface area contributed by atoms with E-state index in [1.165, 1.54) is 6.42 Å². The second kappa shape index (κ2) is 5.75. The summed E-state index contributed by atoms with van der Waals surface area (Å²) < 4.78 is 10.8. The maximum absolute atomic E-state index is 5.43. The fourth-order valence-corrected chi connectivity index (χ4v) is 1.90. The third kappa shape index (κ3) is 3.14. The monoisotopic (exact) mass is 221 g/mol. The summed E-state index contributed by atoms with van der Waals surface area (Å²) in [6.45, 7) is 4.42. The van der Waals surface area contributed by atoms with Gasteiger partial charge in [0, 0.05) is 18.3 Å². The van der Waals surface area contributed by atoms with Gasteiger partial charge in [-0.3, -0.25) is 0 Å². The van der Waals surface area contributed by atoms with Crippen molar-refractivity contribution in [2.75, 3.05) is 25.1 Å². The Kier molecular flexibility index (Phi) is 4.05. The molecule has 1 aromatic carbocycles. The lowest BCUT2D eigenvalue weighted by Gasteiger charge is -2.24. The van der Waals surface area contributed by atoms with Crippen molar-refractivity contribution in [3.05, 3.63) is 24.3 Å². The Balaban J connectivity index is 1.88. The SMILES string of the molecule is CCOc1ccc(NC2CCCOC2)cc1. The number of anilines is 1. The zero-order valence-corrected chi connectivity index (χ0v) is 9.74. The van der Waals surface area contributed by atoms with Crippen LogP contribution in [0, 0.1) is 0 Å². The molecule has 1 aliphatic rings. The highest BCUT2D eigenvalue weighted by atomic mass is 16.5. The topological polar surface area (TPSA) is 30.5 Å². The van der Waals surface area contributed by atoms with Gasteiger partial charge in [-0.1, -0.05) is 0 Å². The van der Waals surface area contributed by atoms with Crippen molar-refractivity contribution in [1.82, 2.24) is 0 Å². The van der Waals surface area contributed by atoms with Gasteiger partial charge in [0.1, 0.15) is 5.75 Å². The van der Waals surface area contributed by atoms with Crippen molar-refractivity contribution in [3.63, 3.8) is 0 Å². The molecule has 1 heterocycles. The first-order chi connectivity index (χ1) is 7.88. The molecule has 16 heavy (non-hydrogen) atoms. The quantitative estimate of drug-likeness (QED) is 0.848. The van der Waals surface area contributed by atoms with Gasteiger partial charge in [0.25, 0.3) is 0 Å². The lowest BCUT2D eigenvalue weighted by Crippen LogP contribution is -2.29. The molecule has 3 nitrogen and oxygen atoms in total. The number of ether oxygens (including phenoxy) is 2. The summed E-state index contributed by atoms with van der Waals surface area (Å²) in [6.07, 6.45) is 2.34. The van der Waals surface area contributed by atoms with Gasteiger partial charge in [0.15, 0.2) is 0 Å². The molecule has 0 bridgehead atoms. The summed E-state index contributed by atoms with van der Waals surface area (Å²) in [5.74, 6) is 0.924. The molecule has 1 fully saturated rings. The second-order valence-corrected chi connectivity index (χ2v) is 4.02. The lowest BCUT2D eigenvalue weighted by atomic mass is 10.1. The fourth-order valence-electron chi connectivity index (χ4n) is 1.90. The molecule has 1 atom stereocenters. The van der Waals surface area contributed by atoms with Crippen LogP contribution in [0.1, 0.15) is 19.8 Å². The minimum atomic E-state index is 0.451. The summed E-state index contributed by atoms with van der Waals surface area (Å²) >= 11 is 0. The van der Waals surface area contributed by atoms with Crippen LogP contribution in [-0.4, -0.2) is 25.9 Å². The highest BCUT2D eigenvalue weighted by Crippen LogP contribution is 2.18. The van der Waals surface area contributed by atoms with E-state index >= 15 is 0 Å². The van der Waals surface area contributed by atoms with Crippen molar-refractivity contribution in [3.8, 4) is 5.75 Å². The van der Waals surface area contributed by atoms with Crippen LogP contribution >= 0.6 is 0 Å². The summed E-state index contributed by atoms with van der Waals surface area (Å²) in [5, 5.41) is 3.47. The van der Waals surface area contributed by atoms with E-state index in [1.54, 1.807) is 0 Å². The highest BCUT2D eigenvalue weighted by molar-refractivity contribution is 5.47. The van der Waals surface area contributed by atoms with Crippen molar-refractivity contribution in [2.24, 2.45) is 0 Å². The molecule has 0 radical (unpaired) electrons. The molecule has 2 rings (SSSR count). The number of hydrogen-bond donors (Lipinski definition) is 1. The molecule has 1 saturated heterocycles. The van der Waals surface area contributed by atoms with E-state index in [0.29, 0.717) is 12.6 Å². The van der Waals surface area contributed by atoms with Crippen molar-refractivity contribution in [1.29, 1.82) is 0 Å². The molecule has 3 heteroatoms. The van der Waals surface area contributed by atoms with Gasteiger partial charge in [0.05, 0.1) is 13.2 Å². The Labute approximate surface area is 96.8 Å². The largest absolute Gasteiger partial charge is 0.494 e. The predicted molar refractivity (Wildman–Crippen MR) is 65.1 cm³/mol. The molecule has 1 aromatic rings. The first kappa shape index (κ1) is 11.3. The molecule has 0 aliphatic carbocycles. The van der Waals surface area contributed by atoms with Gasteiger partial charge in [-0.15, -0.1) is 0 Å². The van der Waals surface area contributed by atoms with E-state index < -0.39 is 0 Å². The molecule has 0 aromatic heterocycles. The van der Waals surface area contributed by atoms with Crippen molar-refractivity contribution < 1.29 is 9.47 Å². The summed E-state index contributed by atoms with van der Waals surface area (Å²) in [4.78, 5) is 0. The van der Waals surface area contributed by atoms with Crippen LogP contribution in [0.5, 0.6) is 5.75 Å². The number of rotatable bonds is 4. The minimum Gasteiger partial charge on any atom is -0.494 e. The normalized spacial score (nSPS) is 20.4. The van der Waals surface area contributed by atoms with Crippen LogP contribution in [-0.2, 0) is 4.74 Å². The Hall–Kier alpha value is -1.22. The first-order valence-electron chi connectivity index (χ1n) is 5.95. The highest BCUT2D eigenvalue weighted by Gasteiger charge is 2.12. The average molecular weight is 221 g/mol. The van der Waals surface area contributed by atoms with E-state index in [1.807, 2.05) is 19.1 Å². The van der Waals surface area contributed by atoms with Gasteiger partial charge in [-0.05, 0) is 44.0 Å². The van der Waals surface area contributed by atoms with Crippen LogP contribution in [0.15, 0.2) is 24.3 Å². The summed E-state index contributed by atoms with van der Waals surface area (Å²) in [6, 6.07) is 8.55. The number of hydrogen-bond acceptors (Lipinski definition) is 3. The maximum Gasteiger partial charge on any atom is 0.119 e. The zero-order valence-electron chi connectivity index (χ0n) is 9.74. The third-order valence-electron chi connectivity index (χ3n) is 2.70. The van der Waals surface area contributed by atoms with Gasteiger partial charge in [0.2, 0.25) is 0 Å². The van der Waals surface area contributed by atoms with Crippen molar-refractivity contribution >= 4 is 5.69 Å². The van der Waals surface area contributed by atoms with Crippen LogP contribution < -0.4 is 10.1 Å². The third-order valence-corrected chi connectivity index (χ3v) is 2.70. The predicted octanol–water partition coefficient (Wildman–Crippen LogP) is 2.68. The van der Waals surface area contributed by atoms with E-state index in [0.717, 1.165) is 31.1 Å². The molecule has 1 N–H and O–H groups in total. The Bertz CT molecular complexity index is 304. The van der Waals surface area contributed by atoms with Crippen LogP contribution in [0.4, 0.5) is 5.69 Å². The Morgan fingerprint density at radius 1 is 1.38 bits per heavy atom. The molecule has 1 aliphatic heterocycles. The van der Waals surface area contributed by atoms with Crippen molar-refractivity contribution in [2.45, 2.75) is 25.8 Å². The molecule has 0 spiro atoms. The minimum absolute atomic E-state index is 0.451. The first-order valence-corrected chi connectivity index (χ1v) is 5.95. The lowest BCUT2D eigenvalue weighted by molar-refractivity contribution is 0.0876.